The average Bonchev–Trinajstić information content (AvgIpc) is 3.30. The number of hydrogen-bond acceptors (Lipinski definition) is 6. The van der Waals surface area contributed by atoms with Gasteiger partial charge < -0.3 is 14.8 Å². The molecular formula is C23H23N3O5S. The molecule has 1 fully saturated rings. The molecule has 1 saturated heterocycles. The number of para-hydroxylation sites is 1. The lowest BCUT2D eigenvalue weighted by molar-refractivity contribution is -0.126. The van der Waals surface area contributed by atoms with Crippen molar-refractivity contribution in [3.63, 3.8) is 0 Å². The van der Waals surface area contributed by atoms with Gasteiger partial charge in [0.2, 0.25) is 22.7 Å². The molecule has 1 aromatic heterocycles. The normalized spacial score (nSPS) is 16.9. The number of fused-ring (bicyclic) bond motifs is 2. The summed E-state index contributed by atoms with van der Waals surface area (Å²) in [6.07, 6.45) is 2.55. The molecule has 9 heteroatoms. The van der Waals surface area contributed by atoms with Gasteiger partial charge in [-0.1, -0.05) is 24.3 Å². The number of nitrogens with one attached hydrogen (secondary N) is 1. The van der Waals surface area contributed by atoms with Gasteiger partial charge in [0.25, 0.3) is 0 Å². The van der Waals surface area contributed by atoms with Gasteiger partial charge in [-0.2, -0.15) is 4.31 Å². The number of rotatable bonds is 5. The maximum atomic E-state index is 13.2. The Morgan fingerprint density at radius 1 is 1.06 bits per heavy atom. The molecule has 32 heavy (non-hydrogen) atoms. The summed E-state index contributed by atoms with van der Waals surface area (Å²) in [5.41, 5.74) is 1.39. The first-order chi connectivity index (χ1) is 15.5. The van der Waals surface area contributed by atoms with E-state index in [0.29, 0.717) is 49.5 Å². The van der Waals surface area contributed by atoms with Gasteiger partial charge in [-0.05, 0) is 42.7 Å². The van der Waals surface area contributed by atoms with Crippen LogP contribution >= 0.6 is 0 Å². The highest BCUT2D eigenvalue weighted by molar-refractivity contribution is 7.89. The van der Waals surface area contributed by atoms with Gasteiger partial charge in [0.05, 0.1) is 5.52 Å². The third-order valence-corrected chi connectivity index (χ3v) is 7.87. The lowest BCUT2D eigenvalue weighted by Gasteiger charge is -2.30. The van der Waals surface area contributed by atoms with Crippen LogP contribution < -0.4 is 14.8 Å². The summed E-state index contributed by atoms with van der Waals surface area (Å²) in [7, 11) is -3.69. The van der Waals surface area contributed by atoms with Crippen LogP contribution in [0.5, 0.6) is 11.5 Å². The van der Waals surface area contributed by atoms with Crippen molar-refractivity contribution >= 4 is 26.8 Å². The van der Waals surface area contributed by atoms with E-state index in [1.54, 1.807) is 24.4 Å². The lowest BCUT2D eigenvalue weighted by Crippen LogP contribution is -2.42. The SMILES string of the molecule is O=C(NCc1ccc2c(c1)OCO2)C1CCN(S(=O)(=O)c2cccc3cccnc23)CC1. The van der Waals surface area contributed by atoms with Crippen molar-refractivity contribution in [2.24, 2.45) is 5.92 Å². The van der Waals surface area contributed by atoms with E-state index >= 15 is 0 Å². The summed E-state index contributed by atoms with van der Waals surface area (Å²) >= 11 is 0. The number of carbonyl (C=O) groups is 1. The molecule has 3 heterocycles. The zero-order chi connectivity index (χ0) is 22.1. The summed E-state index contributed by atoms with van der Waals surface area (Å²) in [5, 5.41) is 3.74. The third-order valence-electron chi connectivity index (χ3n) is 5.94. The summed E-state index contributed by atoms with van der Waals surface area (Å²) < 4.78 is 38.6. The van der Waals surface area contributed by atoms with Crippen LogP contribution in [0.25, 0.3) is 10.9 Å². The van der Waals surface area contributed by atoms with E-state index in [0.717, 1.165) is 10.9 Å². The topological polar surface area (TPSA) is 97.8 Å². The number of piperidine rings is 1. The maximum Gasteiger partial charge on any atom is 0.245 e. The van der Waals surface area contributed by atoms with Crippen molar-refractivity contribution in [2.45, 2.75) is 24.3 Å². The number of benzene rings is 2. The van der Waals surface area contributed by atoms with Crippen LogP contribution in [0, 0.1) is 5.92 Å². The Morgan fingerprint density at radius 3 is 2.69 bits per heavy atom. The molecule has 8 nitrogen and oxygen atoms in total. The molecule has 0 unspecified atom stereocenters. The molecular weight excluding hydrogens is 430 g/mol. The van der Waals surface area contributed by atoms with E-state index in [1.807, 2.05) is 30.3 Å². The van der Waals surface area contributed by atoms with Crippen molar-refractivity contribution in [3.05, 3.63) is 60.3 Å². The molecule has 3 aromatic rings. The Hall–Kier alpha value is -3.17. The van der Waals surface area contributed by atoms with Crippen molar-refractivity contribution < 1.29 is 22.7 Å². The van der Waals surface area contributed by atoms with Gasteiger partial charge in [-0.25, -0.2) is 8.42 Å². The van der Waals surface area contributed by atoms with Gasteiger partial charge in [-0.3, -0.25) is 9.78 Å². The van der Waals surface area contributed by atoms with Gasteiger partial charge in [0.1, 0.15) is 4.90 Å². The summed E-state index contributed by atoms with van der Waals surface area (Å²) in [5.74, 6) is 1.10. The minimum absolute atomic E-state index is 0.0634. The highest BCUT2D eigenvalue weighted by Gasteiger charge is 2.33. The van der Waals surface area contributed by atoms with Crippen molar-refractivity contribution in [3.8, 4) is 11.5 Å². The Morgan fingerprint density at radius 2 is 1.84 bits per heavy atom. The van der Waals surface area contributed by atoms with E-state index in [2.05, 4.69) is 10.3 Å². The van der Waals surface area contributed by atoms with E-state index in [1.165, 1.54) is 4.31 Å². The van der Waals surface area contributed by atoms with Crippen LogP contribution in [-0.2, 0) is 21.4 Å². The van der Waals surface area contributed by atoms with E-state index in [4.69, 9.17) is 9.47 Å². The fourth-order valence-corrected chi connectivity index (χ4v) is 5.80. The molecule has 2 aromatic carbocycles. The molecule has 0 atom stereocenters. The zero-order valence-electron chi connectivity index (χ0n) is 17.4. The maximum absolute atomic E-state index is 13.2. The highest BCUT2D eigenvalue weighted by Crippen LogP contribution is 2.32. The second-order valence-corrected chi connectivity index (χ2v) is 9.82. The Balaban J connectivity index is 1.21. The number of nitrogens with zero attached hydrogens (tertiary/aromatic N) is 2. The Bertz CT molecular complexity index is 1260. The molecule has 1 amide bonds. The Labute approximate surface area is 186 Å². The summed E-state index contributed by atoms with van der Waals surface area (Å²) in [6.45, 7) is 1.19. The van der Waals surface area contributed by atoms with Crippen LogP contribution in [0.4, 0.5) is 0 Å². The van der Waals surface area contributed by atoms with Gasteiger partial charge in [-0.15, -0.1) is 0 Å². The number of aromatic nitrogens is 1. The van der Waals surface area contributed by atoms with Crippen molar-refractivity contribution in [1.29, 1.82) is 0 Å². The number of ether oxygens (including phenoxy) is 2. The molecule has 0 aliphatic carbocycles. The molecule has 1 N–H and O–H groups in total. The number of hydrogen-bond donors (Lipinski definition) is 1. The third kappa shape index (κ3) is 3.89. The minimum Gasteiger partial charge on any atom is -0.454 e. The minimum atomic E-state index is -3.69. The predicted molar refractivity (Wildman–Crippen MR) is 118 cm³/mol. The second kappa shape index (κ2) is 8.40. The first-order valence-corrected chi connectivity index (χ1v) is 12.0. The molecule has 2 aliphatic rings. The van der Waals surface area contributed by atoms with Crippen LogP contribution in [0.15, 0.2) is 59.6 Å². The van der Waals surface area contributed by atoms with Crippen LogP contribution in [-0.4, -0.2) is 43.5 Å². The first kappa shape index (κ1) is 20.7. The molecule has 2 aliphatic heterocycles. The molecule has 0 radical (unpaired) electrons. The summed E-state index contributed by atoms with van der Waals surface area (Å²) in [6, 6.07) is 14.4. The van der Waals surface area contributed by atoms with Crippen LogP contribution in [0.1, 0.15) is 18.4 Å². The lowest BCUT2D eigenvalue weighted by atomic mass is 9.97. The highest BCUT2D eigenvalue weighted by atomic mass is 32.2. The fourth-order valence-electron chi connectivity index (χ4n) is 4.17. The van der Waals surface area contributed by atoms with Gasteiger partial charge in [0.15, 0.2) is 11.5 Å². The molecule has 0 saturated carbocycles. The second-order valence-electron chi connectivity index (χ2n) is 7.92. The quantitative estimate of drug-likeness (QED) is 0.638. The predicted octanol–water partition coefficient (Wildman–Crippen LogP) is 2.68. The van der Waals surface area contributed by atoms with E-state index in [9.17, 15) is 13.2 Å². The number of carbonyl (C=O) groups excluding carboxylic acids is 1. The summed E-state index contributed by atoms with van der Waals surface area (Å²) in [4.78, 5) is 17.1. The van der Waals surface area contributed by atoms with Crippen LogP contribution in [0.2, 0.25) is 0 Å². The van der Waals surface area contributed by atoms with E-state index in [-0.39, 0.29) is 23.5 Å². The largest absolute Gasteiger partial charge is 0.454 e. The molecule has 166 valence electrons. The van der Waals surface area contributed by atoms with Crippen molar-refractivity contribution in [1.82, 2.24) is 14.6 Å². The fraction of sp³-hybridized carbons (Fsp3) is 0.304. The zero-order valence-corrected chi connectivity index (χ0v) is 18.2. The standard InChI is InChI=1S/C23H23N3O5S/c27-23(25-14-16-6-7-19-20(13-16)31-15-30-19)18-8-11-26(12-9-18)32(28,29)21-5-1-3-17-4-2-10-24-22(17)21/h1-7,10,13,18H,8-9,11-12,14-15H2,(H,25,27). The van der Waals surface area contributed by atoms with Gasteiger partial charge >= 0.3 is 0 Å². The Kier molecular flexibility index (Phi) is 5.44. The monoisotopic (exact) mass is 453 g/mol. The smallest absolute Gasteiger partial charge is 0.245 e. The molecule has 5 rings (SSSR count). The number of sulfonamides is 1. The van der Waals surface area contributed by atoms with Gasteiger partial charge in [0, 0.05) is 37.1 Å². The van der Waals surface area contributed by atoms with Crippen LogP contribution in [0.3, 0.4) is 0 Å². The molecule has 0 bridgehead atoms. The number of amides is 1. The van der Waals surface area contributed by atoms with E-state index < -0.39 is 10.0 Å². The molecule has 0 spiro atoms. The number of pyridine rings is 1. The first-order valence-electron chi connectivity index (χ1n) is 10.5. The average molecular weight is 454 g/mol. The van der Waals surface area contributed by atoms with Crippen molar-refractivity contribution in [2.75, 3.05) is 19.9 Å².